The van der Waals surface area contributed by atoms with Crippen molar-refractivity contribution in [2.24, 2.45) is 11.8 Å². The molecule has 0 saturated carbocycles. The minimum Gasteiger partial charge on any atom is -0.497 e. The molecule has 1 fully saturated rings. The van der Waals surface area contributed by atoms with E-state index < -0.39 is 71.0 Å². The number of methoxy groups -OCH3 is 1. The second kappa shape index (κ2) is 16.9. The molecule has 1 aliphatic heterocycles. The highest BCUT2D eigenvalue weighted by molar-refractivity contribution is 7.89. The van der Waals surface area contributed by atoms with Crippen LogP contribution in [0.1, 0.15) is 47.1 Å². The van der Waals surface area contributed by atoms with Crippen LogP contribution in [0.25, 0.3) is 0 Å². The number of carbonyl (C=O) groups is 4. The zero-order valence-electron chi connectivity index (χ0n) is 28.8. The van der Waals surface area contributed by atoms with E-state index >= 15 is 0 Å². The number of aliphatic hydroxyl groups is 1. The molecule has 5 amide bonds. The van der Waals surface area contributed by atoms with E-state index in [1.165, 1.54) is 23.5 Å². The molecule has 0 aromatic heterocycles. The van der Waals surface area contributed by atoms with Gasteiger partial charge in [-0.1, -0.05) is 58.0 Å². The predicted octanol–water partition coefficient (Wildman–Crippen LogP) is 2.24. The lowest BCUT2D eigenvalue weighted by atomic mass is 9.97. The first-order valence-electron chi connectivity index (χ1n) is 16.1. The molecule has 3 rings (SSSR count). The van der Waals surface area contributed by atoms with Gasteiger partial charge in [0.05, 0.1) is 24.2 Å². The number of sulfonamides is 1. The number of amides is 5. The number of aliphatic hydroxyl groups excluding tert-OH is 1. The van der Waals surface area contributed by atoms with Gasteiger partial charge in [0.15, 0.2) is 0 Å². The molecule has 0 spiro atoms. The van der Waals surface area contributed by atoms with Gasteiger partial charge >= 0.3 is 6.03 Å². The molecule has 2 aromatic rings. The van der Waals surface area contributed by atoms with Crippen molar-refractivity contribution in [3.05, 3.63) is 60.2 Å². The summed E-state index contributed by atoms with van der Waals surface area (Å²) in [6, 6.07) is 12.1. The minimum absolute atomic E-state index is 0.0310. The molecule has 3 atom stereocenters. The van der Waals surface area contributed by atoms with Gasteiger partial charge in [-0.05, 0) is 61.9 Å². The Morgan fingerprint density at radius 3 is 2.10 bits per heavy atom. The molecule has 14 heteroatoms. The number of nitrogens with zero attached hydrogens (tertiary/aromatic N) is 3. The fraction of sp³-hybridized carbons (Fsp3) is 0.529. The second-order valence-corrected chi connectivity index (χ2v) is 15.0. The van der Waals surface area contributed by atoms with Crippen molar-refractivity contribution in [2.45, 2.75) is 77.1 Å². The van der Waals surface area contributed by atoms with Crippen molar-refractivity contribution in [3.63, 3.8) is 0 Å². The van der Waals surface area contributed by atoms with Gasteiger partial charge in [-0.15, -0.1) is 0 Å². The van der Waals surface area contributed by atoms with Crippen LogP contribution in [0.5, 0.6) is 5.75 Å². The Hall–Kier alpha value is -4.01. The lowest BCUT2D eigenvalue weighted by Gasteiger charge is -2.34. The summed E-state index contributed by atoms with van der Waals surface area (Å²) < 4.78 is 33.9. The number of benzene rings is 2. The van der Waals surface area contributed by atoms with Crippen LogP contribution < -0.4 is 15.4 Å². The predicted molar refractivity (Wildman–Crippen MR) is 180 cm³/mol. The first kappa shape index (κ1) is 38.4. The molecule has 3 N–H and O–H groups in total. The summed E-state index contributed by atoms with van der Waals surface area (Å²) in [5.74, 6) is -1.76. The Morgan fingerprint density at radius 2 is 1.56 bits per heavy atom. The van der Waals surface area contributed by atoms with Crippen molar-refractivity contribution >= 4 is 33.8 Å². The van der Waals surface area contributed by atoms with E-state index in [0.717, 1.165) is 15.4 Å². The van der Waals surface area contributed by atoms with E-state index in [0.29, 0.717) is 5.75 Å². The van der Waals surface area contributed by atoms with Crippen LogP contribution in [-0.4, -0.2) is 109 Å². The van der Waals surface area contributed by atoms with Gasteiger partial charge < -0.3 is 25.4 Å². The van der Waals surface area contributed by atoms with Crippen LogP contribution in [-0.2, 0) is 30.8 Å². The fourth-order valence-electron chi connectivity index (χ4n) is 5.58. The van der Waals surface area contributed by atoms with Crippen LogP contribution >= 0.6 is 0 Å². The lowest BCUT2D eigenvalue weighted by molar-refractivity contribution is -0.131. The van der Waals surface area contributed by atoms with E-state index in [9.17, 15) is 32.7 Å². The molecule has 48 heavy (non-hydrogen) atoms. The summed E-state index contributed by atoms with van der Waals surface area (Å²) in [5, 5.41) is 17.2. The smallest absolute Gasteiger partial charge is 0.328 e. The molecular formula is C34H49N5O8S. The largest absolute Gasteiger partial charge is 0.497 e. The topological polar surface area (TPSA) is 166 Å². The number of ether oxygens (including phenoxy) is 1. The summed E-state index contributed by atoms with van der Waals surface area (Å²) >= 11 is 0. The molecule has 1 saturated heterocycles. The number of carbonyl (C=O) groups excluding carboxylic acids is 4. The van der Waals surface area contributed by atoms with Crippen LogP contribution in [0.2, 0.25) is 0 Å². The van der Waals surface area contributed by atoms with Gasteiger partial charge in [0.25, 0.3) is 5.91 Å². The summed E-state index contributed by atoms with van der Waals surface area (Å²) in [6.45, 7) is 9.62. The number of nitrogens with one attached hydrogen (secondary N) is 2. The maximum absolute atomic E-state index is 14.0. The third kappa shape index (κ3) is 10.0. The Morgan fingerprint density at radius 1 is 0.938 bits per heavy atom. The summed E-state index contributed by atoms with van der Waals surface area (Å²) in [7, 11) is -2.57. The van der Waals surface area contributed by atoms with Crippen molar-refractivity contribution < 1.29 is 37.4 Å². The molecule has 1 aliphatic rings. The van der Waals surface area contributed by atoms with Gasteiger partial charge in [0.1, 0.15) is 24.9 Å². The summed E-state index contributed by atoms with van der Waals surface area (Å²) in [6.07, 6.45) is -1.20. The molecule has 0 aliphatic carbocycles. The van der Waals surface area contributed by atoms with Crippen LogP contribution in [0.4, 0.5) is 4.79 Å². The van der Waals surface area contributed by atoms with E-state index in [4.69, 9.17) is 4.74 Å². The van der Waals surface area contributed by atoms with Crippen molar-refractivity contribution in [3.8, 4) is 5.75 Å². The van der Waals surface area contributed by atoms with Gasteiger partial charge in [-0.25, -0.2) is 13.2 Å². The minimum atomic E-state index is -4.05. The highest BCUT2D eigenvalue weighted by Gasteiger charge is 2.45. The van der Waals surface area contributed by atoms with Gasteiger partial charge in [-0.2, -0.15) is 4.31 Å². The normalized spacial score (nSPS) is 15.8. The van der Waals surface area contributed by atoms with Gasteiger partial charge in [0.2, 0.25) is 21.8 Å². The van der Waals surface area contributed by atoms with Crippen LogP contribution in [0, 0.1) is 11.8 Å². The van der Waals surface area contributed by atoms with Gasteiger partial charge in [-0.3, -0.25) is 19.3 Å². The Kier molecular flexibility index (Phi) is 13.5. The fourth-order valence-corrected chi connectivity index (χ4v) is 7.20. The SMILES string of the molecule is COc1ccc(S(=O)(=O)N(CC(C)C)C[C@H](O)[C@H](Cc2ccccc2)NC(=O)[C@H](C(C)C)N2CC(=O)N(CC(=O)NC(C)C)C2=O)cc1. The van der Waals surface area contributed by atoms with E-state index in [-0.39, 0.29) is 36.4 Å². The van der Waals surface area contributed by atoms with E-state index in [1.807, 2.05) is 44.2 Å². The number of rotatable bonds is 17. The molecule has 0 bridgehead atoms. The van der Waals surface area contributed by atoms with E-state index in [1.54, 1.807) is 39.8 Å². The monoisotopic (exact) mass is 687 g/mol. The molecular weight excluding hydrogens is 638 g/mol. The Bertz CT molecular complexity index is 1520. The molecule has 1 heterocycles. The third-order valence-electron chi connectivity index (χ3n) is 7.82. The molecule has 0 radical (unpaired) electrons. The van der Waals surface area contributed by atoms with E-state index in [2.05, 4.69) is 10.6 Å². The molecule has 0 unspecified atom stereocenters. The number of hydrogen-bond acceptors (Lipinski definition) is 8. The standard InChI is InChI=1S/C34H49N5O8S/c1-22(2)18-37(48(45,46)27-15-13-26(47-7)14-16-27)19-29(40)28(17-25-11-9-8-10-12-25)36-33(43)32(23(3)4)39-21-31(42)38(34(39)44)20-30(41)35-24(5)6/h8-16,22-24,28-29,32,40H,17-21H2,1-7H3,(H,35,41)(H,36,43)/t28-,29-,32-/m0/s1. The average molecular weight is 688 g/mol. The Balaban J connectivity index is 1.89. The first-order valence-corrected chi connectivity index (χ1v) is 17.6. The molecule has 264 valence electrons. The zero-order valence-corrected chi connectivity index (χ0v) is 29.6. The summed E-state index contributed by atoms with van der Waals surface area (Å²) in [5.41, 5.74) is 0.783. The van der Waals surface area contributed by atoms with Crippen LogP contribution in [0.15, 0.2) is 59.5 Å². The van der Waals surface area contributed by atoms with Crippen molar-refractivity contribution in [1.29, 1.82) is 0 Å². The number of urea groups is 1. The lowest BCUT2D eigenvalue weighted by Crippen LogP contribution is -2.57. The van der Waals surface area contributed by atoms with Crippen molar-refractivity contribution in [1.82, 2.24) is 24.7 Å². The zero-order chi connectivity index (χ0) is 35.8. The van der Waals surface area contributed by atoms with Gasteiger partial charge in [0, 0.05) is 19.1 Å². The number of imide groups is 1. The average Bonchev–Trinajstić information content (AvgIpc) is 3.27. The number of hydrogen-bond donors (Lipinski definition) is 3. The quantitative estimate of drug-likeness (QED) is 0.213. The molecule has 2 aromatic carbocycles. The summed E-state index contributed by atoms with van der Waals surface area (Å²) in [4.78, 5) is 54.5. The van der Waals surface area contributed by atoms with Crippen molar-refractivity contribution in [2.75, 3.05) is 33.3 Å². The second-order valence-electron chi connectivity index (χ2n) is 13.1. The van der Waals surface area contributed by atoms with Crippen LogP contribution in [0.3, 0.4) is 0 Å². The third-order valence-corrected chi connectivity index (χ3v) is 9.66. The highest BCUT2D eigenvalue weighted by atomic mass is 32.2. The maximum Gasteiger partial charge on any atom is 0.328 e. The maximum atomic E-state index is 14.0. The highest BCUT2D eigenvalue weighted by Crippen LogP contribution is 2.23. The first-order chi connectivity index (χ1) is 22.5. The molecule has 13 nitrogen and oxygen atoms in total. The Labute approximate surface area is 283 Å².